The van der Waals surface area contributed by atoms with Crippen LogP contribution >= 0.6 is 11.6 Å². The Hall–Kier alpha value is -4.12. The predicted octanol–water partition coefficient (Wildman–Crippen LogP) is 2.14. The molecule has 4 amide bonds. The Morgan fingerprint density at radius 1 is 1.17 bits per heavy atom. The Balaban J connectivity index is 1.30. The lowest BCUT2D eigenvalue weighted by atomic mass is 10.0. The average molecular weight is 497 g/mol. The molecule has 0 aliphatic carbocycles. The van der Waals surface area contributed by atoms with Crippen LogP contribution in [0.5, 0.6) is 0 Å². The van der Waals surface area contributed by atoms with Gasteiger partial charge < -0.3 is 10.2 Å². The number of hydrogen-bond donors (Lipinski definition) is 2. The normalized spacial score (nSPS) is 17.4. The maximum Gasteiger partial charge on any atom is 0.255 e. The molecule has 1 fully saturated rings. The van der Waals surface area contributed by atoms with Crippen molar-refractivity contribution in [1.29, 1.82) is 0 Å². The van der Waals surface area contributed by atoms with Gasteiger partial charge in [0.05, 0.1) is 11.2 Å². The molecule has 1 unspecified atom stereocenters. The fourth-order valence-electron chi connectivity index (χ4n) is 4.24. The number of benzene rings is 2. The number of anilines is 1. The molecule has 1 aromatic heterocycles. The second-order valence-corrected chi connectivity index (χ2v) is 8.59. The Kier molecular flexibility index (Phi) is 5.77. The van der Waals surface area contributed by atoms with Gasteiger partial charge in [-0.3, -0.25) is 24.5 Å². The molecular formula is C23H18ClFN6O4. The lowest BCUT2D eigenvalue weighted by Gasteiger charge is -2.29. The van der Waals surface area contributed by atoms with Crippen molar-refractivity contribution in [2.45, 2.75) is 32.0 Å². The lowest BCUT2D eigenvalue weighted by molar-refractivity contribution is -0.137. The molecule has 2 aliphatic rings. The van der Waals surface area contributed by atoms with Gasteiger partial charge in [0.15, 0.2) is 5.82 Å². The SMILES string of the molecule is O=C1CCC(N2Cc3c(NC(=O)Cn4cc(-c5cccc(Cl)c5F)nn4)cccc3C2=O)C(=O)N1. The molecule has 2 N–H and O–H groups in total. The number of aromatic nitrogens is 3. The van der Waals surface area contributed by atoms with Crippen LogP contribution in [0.15, 0.2) is 42.6 Å². The third kappa shape index (κ3) is 4.26. The first-order valence-corrected chi connectivity index (χ1v) is 11.1. The number of nitrogens with one attached hydrogen (secondary N) is 2. The molecule has 0 bridgehead atoms. The van der Waals surface area contributed by atoms with Crippen LogP contribution in [0.4, 0.5) is 10.1 Å². The maximum absolute atomic E-state index is 14.3. The van der Waals surface area contributed by atoms with E-state index in [1.54, 1.807) is 24.3 Å². The Morgan fingerprint density at radius 2 is 1.94 bits per heavy atom. The summed E-state index contributed by atoms with van der Waals surface area (Å²) in [7, 11) is 0. The summed E-state index contributed by atoms with van der Waals surface area (Å²) in [6.07, 6.45) is 1.82. The van der Waals surface area contributed by atoms with Gasteiger partial charge in [-0.1, -0.05) is 28.9 Å². The van der Waals surface area contributed by atoms with E-state index in [0.717, 1.165) is 0 Å². The third-order valence-electron chi connectivity index (χ3n) is 5.93. The lowest BCUT2D eigenvalue weighted by Crippen LogP contribution is -2.52. The summed E-state index contributed by atoms with van der Waals surface area (Å²) >= 11 is 5.82. The molecule has 3 heterocycles. The maximum atomic E-state index is 14.3. The molecule has 0 saturated carbocycles. The van der Waals surface area contributed by atoms with Crippen LogP contribution in [0.1, 0.15) is 28.8 Å². The minimum Gasteiger partial charge on any atom is -0.324 e. The quantitative estimate of drug-likeness (QED) is 0.521. The topological polar surface area (TPSA) is 126 Å². The summed E-state index contributed by atoms with van der Waals surface area (Å²) in [5.41, 5.74) is 1.78. The summed E-state index contributed by atoms with van der Waals surface area (Å²) in [5.74, 6) is -2.28. The van der Waals surface area contributed by atoms with E-state index in [4.69, 9.17) is 11.6 Å². The summed E-state index contributed by atoms with van der Waals surface area (Å²) in [6.45, 7) is -0.0813. The highest BCUT2D eigenvalue weighted by molar-refractivity contribution is 6.31. The van der Waals surface area contributed by atoms with E-state index in [-0.39, 0.29) is 54.0 Å². The predicted molar refractivity (Wildman–Crippen MR) is 122 cm³/mol. The zero-order valence-corrected chi connectivity index (χ0v) is 18.9. The van der Waals surface area contributed by atoms with Crippen molar-refractivity contribution in [1.82, 2.24) is 25.2 Å². The number of imide groups is 1. The average Bonchev–Trinajstić information content (AvgIpc) is 3.41. The van der Waals surface area contributed by atoms with E-state index < -0.39 is 23.7 Å². The van der Waals surface area contributed by atoms with Crippen LogP contribution in [-0.2, 0) is 27.5 Å². The van der Waals surface area contributed by atoms with Crippen LogP contribution in [0.3, 0.4) is 0 Å². The van der Waals surface area contributed by atoms with Crippen molar-refractivity contribution in [3.63, 3.8) is 0 Å². The molecule has 3 aromatic rings. The van der Waals surface area contributed by atoms with Gasteiger partial charge in [0.25, 0.3) is 5.91 Å². The molecule has 10 nitrogen and oxygen atoms in total. The largest absolute Gasteiger partial charge is 0.324 e. The van der Waals surface area contributed by atoms with E-state index in [1.807, 2.05) is 0 Å². The smallest absolute Gasteiger partial charge is 0.255 e. The fourth-order valence-corrected chi connectivity index (χ4v) is 4.41. The number of hydrogen-bond acceptors (Lipinski definition) is 6. The van der Waals surface area contributed by atoms with E-state index in [9.17, 15) is 23.6 Å². The van der Waals surface area contributed by atoms with Crippen molar-refractivity contribution in [3.05, 3.63) is 64.6 Å². The number of amides is 4. The highest BCUT2D eigenvalue weighted by Crippen LogP contribution is 2.32. The van der Waals surface area contributed by atoms with Crippen molar-refractivity contribution >= 4 is 40.9 Å². The van der Waals surface area contributed by atoms with Crippen molar-refractivity contribution in [2.24, 2.45) is 0 Å². The van der Waals surface area contributed by atoms with Gasteiger partial charge in [-0.15, -0.1) is 5.10 Å². The summed E-state index contributed by atoms with van der Waals surface area (Å²) in [4.78, 5) is 50.8. The zero-order valence-electron chi connectivity index (χ0n) is 18.1. The number of piperidine rings is 1. The number of halogens is 2. The van der Waals surface area contributed by atoms with E-state index in [1.165, 1.54) is 27.9 Å². The Bertz CT molecular complexity index is 1390. The van der Waals surface area contributed by atoms with Crippen LogP contribution in [0, 0.1) is 5.82 Å². The first-order valence-electron chi connectivity index (χ1n) is 10.7. The van der Waals surface area contributed by atoms with Crippen molar-refractivity contribution in [3.8, 4) is 11.3 Å². The van der Waals surface area contributed by atoms with Gasteiger partial charge in [0.1, 0.15) is 18.3 Å². The minimum atomic E-state index is -0.753. The molecule has 1 atom stereocenters. The zero-order chi connectivity index (χ0) is 24.7. The molecule has 2 aliphatic heterocycles. The van der Waals surface area contributed by atoms with Crippen LogP contribution in [0.2, 0.25) is 5.02 Å². The first-order chi connectivity index (χ1) is 16.8. The summed E-state index contributed by atoms with van der Waals surface area (Å²) < 4.78 is 15.5. The molecular weight excluding hydrogens is 479 g/mol. The highest BCUT2D eigenvalue weighted by Gasteiger charge is 2.39. The van der Waals surface area contributed by atoms with Crippen LogP contribution in [-0.4, -0.2) is 49.6 Å². The van der Waals surface area contributed by atoms with E-state index in [2.05, 4.69) is 20.9 Å². The van der Waals surface area contributed by atoms with Crippen LogP contribution in [0.25, 0.3) is 11.3 Å². The summed E-state index contributed by atoms with van der Waals surface area (Å²) in [6, 6.07) is 8.68. The highest BCUT2D eigenvalue weighted by atomic mass is 35.5. The monoisotopic (exact) mass is 496 g/mol. The van der Waals surface area contributed by atoms with E-state index in [0.29, 0.717) is 16.8 Å². The molecule has 35 heavy (non-hydrogen) atoms. The van der Waals surface area contributed by atoms with Crippen molar-refractivity contribution in [2.75, 3.05) is 5.32 Å². The molecule has 2 aromatic carbocycles. The number of rotatable bonds is 5. The Morgan fingerprint density at radius 3 is 2.74 bits per heavy atom. The van der Waals surface area contributed by atoms with Crippen LogP contribution < -0.4 is 10.6 Å². The second-order valence-electron chi connectivity index (χ2n) is 8.18. The molecule has 1 saturated heterocycles. The van der Waals surface area contributed by atoms with Gasteiger partial charge >= 0.3 is 0 Å². The number of carbonyl (C=O) groups is 4. The summed E-state index contributed by atoms with van der Waals surface area (Å²) in [5, 5.41) is 12.8. The molecule has 0 spiro atoms. The van der Waals surface area contributed by atoms with Crippen molar-refractivity contribution < 1.29 is 23.6 Å². The Labute approximate surface area is 203 Å². The number of carbonyl (C=O) groups excluding carboxylic acids is 4. The van der Waals surface area contributed by atoms with Gasteiger partial charge in [-0.25, -0.2) is 9.07 Å². The second kappa shape index (κ2) is 8.91. The molecule has 0 radical (unpaired) electrons. The number of nitrogens with zero attached hydrogens (tertiary/aromatic N) is 4. The third-order valence-corrected chi connectivity index (χ3v) is 6.22. The fraction of sp³-hybridized carbons (Fsp3) is 0.217. The minimum absolute atomic E-state index is 0.0476. The molecule has 178 valence electrons. The first kappa shape index (κ1) is 22.7. The van der Waals surface area contributed by atoms with Gasteiger partial charge in [-0.05, 0) is 30.7 Å². The molecule has 12 heteroatoms. The van der Waals surface area contributed by atoms with Gasteiger partial charge in [0, 0.05) is 35.3 Å². The standard InChI is InChI=1S/C23H18ClFN6O4/c24-15-5-1-4-13(21(15)25)17-10-30(29-28-17)11-20(33)26-16-6-2-3-12-14(16)9-31(23(12)35)18-7-8-19(32)27-22(18)34/h1-6,10,18H,7-9,11H2,(H,26,33)(H,27,32,34). The van der Waals surface area contributed by atoms with E-state index >= 15 is 0 Å². The van der Waals surface area contributed by atoms with Gasteiger partial charge in [0.2, 0.25) is 17.7 Å². The molecule has 5 rings (SSSR count). The number of fused-ring (bicyclic) bond motifs is 1. The van der Waals surface area contributed by atoms with Gasteiger partial charge in [-0.2, -0.15) is 0 Å².